The predicted octanol–water partition coefficient (Wildman–Crippen LogP) is 2.19. The smallest absolute Gasteiger partial charge is 0.133 e. The van der Waals surface area contributed by atoms with Crippen molar-refractivity contribution in [1.82, 2.24) is 0 Å². The first-order valence-electron chi connectivity index (χ1n) is 4.44. The summed E-state index contributed by atoms with van der Waals surface area (Å²) in [7, 11) is 1.64. The molecule has 0 saturated carbocycles. The minimum Gasteiger partial charge on any atom is -0.497 e. The van der Waals surface area contributed by atoms with Crippen LogP contribution in [-0.2, 0) is 0 Å². The summed E-state index contributed by atoms with van der Waals surface area (Å²) < 4.78 is 11.5. The molecule has 0 aliphatic heterocycles. The Morgan fingerprint density at radius 1 is 1.43 bits per heavy atom. The molecule has 14 heavy (non-hydrogen) atoms. The summed E-state index contributed by atoms with van der Waals surface area (Å²) in [6.07, 6.45) is 0.860. The third kappa shape index (κ3) is 3.20. The monoisotopic (exact) mass is 259 g/mol. The number of hydrogen-bond acceptors (Lipinski definition) is 3. The highest BCUT2D eigenvalue weighted by atomic mass is 79.9. The average molecular weight is 260 g/mol. The van der Waals surface area contributed by atoms with Crippen LogP contribution in [0.25, 0.3) is 0 Å². The van der Waals surface area contributed by atoms with E-state index in [4.69, 9.17) is 15.2 Å². The molecule has 0 unspecified atom stereocenters. The Balaban J connectivity index is 2.59. The van der Waals surface area contributed by atoms with Crippen LogP contribution in [0.4, 0.5) is 0 Å². The van der Waals surface area contributed by atoms with Crippen molar-refractivity contribution in [3.63, 3.8) is 0 Å². The maximum Gasteiger partial charge on any atom is 0.133 e. The van der Waals surface area contributed by atoms with E-state index < -0.39 is 0 Å². The molecule has 0 fully saturated rings. The topological polar surface area (TPSA) is 44.5 Å². The van der Waals surface area contributed by atoms with E-state index in [1.165, 1.54) is 0 Å². The summed E-state index contributed by atoms with van der Waals surface area (Å²) in [4.78, 5) is 0. The molecule has 0 heterocycles. The molecule has 0 radical (unpaired) electrons. The van der Waals surface area contributed by atoms with E-state index in [0.29, 0.717) is 13.2 Å². The minimum atomic E-state index is 0.640. The van der Waals surface area contributed by atoms with Gasteiger partial charge < -0.3 is 15.2 Å². The summed E-state index contributed by atoms with van der Waals surface area (Å²) in [6, 6.07) is 5.61. The predicted molar refractivity (Wildman–Crippen MR) is 59.9 cm³/mol. The van der Waals surface area contributed by atoms with Gasteiger partial charge in [0.15, 0.2) is 0 Å². The van der Waals surface area contributed by atoms with E-state index >= 15 is 0 Å². The van der Waals surface area contributed by atoms with Gasteiger partial charge in [0.2, 0.25) is 0 Å². The Labute approximate surface area is 92.3 Å². The van der Waals surface area contributed by atoms with E-state index in [2.05, 4.69) is 15.9 Å². The molecule has 0 aromatic heterocycles. The summed E-state index contributed by atoms with van der Waals surface area (Å²) in [5, 5.41) is 0. The molecule has 3 nitrogen and oxygen atoms in total. The number of benzene rings is 1. The van der Waals surface area contributed by atoms with Crippen LogP contribution in [0.5, 0.6) is 11.5 Å². The Morgan fingerprint density at radius 2 is 2.21 bits per heavy atom. The van der Waals surface area contributed by atoms with Crippen LogP contribution in [0.3, 0.4) is 0 Å². The zero-order valence-corrected chi connectivity index (χ0v) is 9.71. The molecule has 2 N–H and O–H groups in total. The fourth-order valence-electron chi connectivity index (χ4n) is 0.991. The van der Waals surface area contributed by atoms with Crippen LogP contribution in [0, 0.1) is 0 Å². The zero-order valence-electron chi connectivity index (χ0n) is 8.13. The van der Waals surface area contributed by atoms with Gasteiger partial charge in [-0.3, -0.25) is 0 Å². The molecule has 0 spiro atoms. The highest BCUT2D eigenvalue weighted by molar-refractivity contribution is 9.10. The number of ether oxygens (including phenoxy) is 2. The average Bonchev–Trinajstić information content (AvgIpc) is 2.20. The third-order valence-electron chi connectivity index (χ3n) is 1.75. The standard InChI is InChI=1S/C10H14BrNO2/c1-13-8-3-4-10(9(11)7-8)14-6-2-5-12/h3-4,7H,2,5-6,12H2,1H3. The lowest BCUT2D eigenvalue weighted by atomic mass is 10.3. The van der Waals surface area contributed by atoms with E-state index in [9.17, 15) is 0 Å². The molecule has 0 saturated heterocycles. The molecular weight excluding hydrogens is 246 g/mol. The van der Waals surface area contributed by atoms with Crippen LogP contribution in [0.2, 0.25) is 0 Å². The summed E-state index contributed by atoms with van der Waals surface area (Å²) >= 11 is 3.40. The van der Waals surface area contributed by atoms with Gasteiger partial charge in [-0.2, -0.15) is 0 Å². The first-order chi connectivity index (χ1) is 6.77. The molecule has 1 rings (SSSR count). The van der Waals surface area contributed by atoms with E-state index in [1.54, 1.807) is 7.11 Å². The van der Waals surface area contributed by atoms with Gasteiger partial charge in [0, 0.05) is 0 Å². The van der Waals surface area contributed by atoms with Crippen LogP contribution >= 0.6 is 15.9 Å². The molecule has 1 aromatic rings. The third-order valence-corrected chi connectivity index (χ3v) is 2.36. The van der Waals surface area contributed by atoms with Crippen molar-refractivity contribution in [2.24, 2.45) is 5.73 Å². The number of hydrogen-bond donors (Lipinski definition) is 1. The Morgan fingerprint density at radius 3 is 2.79 bits per heavy atom. The molecule has 78 valence electrons. The lowest BCUT2D eigenvalue weighted by molar-refractivity contribution is 0.310. The van der Waals surface area contributed by atoms with Crippen molar-refractivity contribution in [3.05, 3.63) is 22.7 Å². The van der Waals surface area contributed by atoms with Gasteiger partial charge in [0.25, 0.3) is 0 Å². The van der Waals surface area contributed by atoms with E-state index in [1.807, 2.05) is 18.2 Å². The molecule has 1 aromatic carbocycles. The molecule has 0 amide bonds. The van der Waals surface area contributed by atoms with Gasteiger partial charge in [-0.1, -0.05) is 0 Å². The molecule has 0 aliphatic carbocycles. The highest BCUT2D eigenvalue weighted by Gasteiger charge is 2.02. The normalized spacial score (nSPS) is 9.93. The van der Waals surface area contributed by atoms with Crippen molar-refractivity contribution in [3.8, 4) is 11.5 Å². The number of methoxy groups -OCH3 is 1. The number of rotatable bonds is 5. The summed E-state index contributed by atoms with van der Waals surface area (Å²) in [6.45, 7) is 1.29. The quantitative estimate of drug-likeness (QED) is 0.825. The van der Waals surface area contributed by atoms with Crippen LogP contribution in [0.15, 0.2) is 22.7 Å². The van der Waals surface area contributed by atoms with Crippen molar-refractivity contribution in [2.75, 3.05) is 20.3 Å². The largest absolute Gasteiger partial charge is 0.497 e. The maximum absolute atomic E-state index is 5.49. The second-order valence-electron chi connectivity index (χ2n) is 2.79. The van der Waals surface area contributed by atoms with Crippen LogP contribution in [0.1, 0.15) is 6.42 Å². The Kier molecular flexibility index (Phi) is 4.76. The van der Waals surface area contributed by atoms with Crippen LogP contribution in [-0.4, -0.2) is 20.3 Å². The van der Waals surface area contributed by atoms with Gasteiger partial charge >= 0.3 is 0 Å². The molecular formula is C10H14BrNO2. The second-order valence-corrected chi connectivity index (χ2v) is 3.64. The lowest BCUT2D eigenvalue weighted by Gasteiger charge is -2.08. The summed E-state index contributed by atoms with van der Waals surface area (Å²) in [5.41, 5.74) is 5.36. The number of nitrogens with two attached hydrogens (primary N) is 1. The molecule has 0 atom stereocenters. The van der Waals surface area contributed by atoms with Crippen molar-refractivity contribution < 1.29 is 9.47 Å². The van der Waals surface area contributed by atoms with E-state index in [-0.39, 0.29) is 0 Å². The minimum absolute atomic E-state index is 0.640. The van der Waals surface area contributed by atoms with Crippen molar-refractivity contribution in [1.29, 1.82) is 0 Å². The maximum atomic E-state index is 5.49. The van der Waals surface area contributed by atoms with Gasteiger partial charge in [0.05, 0.1) is 18.2 Å². The Hall–Kier alpha value is -0.740. The zero-order chi connectivity index (χ0) is 10.4. The second kappa shape index (κ2) is 5.88. The molecule has 0 aliphatic rings. The molecule has 0 bridgehead atoms. The first-order valence-corrected chi connectivity index (χ1v) is 5.23. The fourth-order valence-corrected chi connectivity index (χ4v) is 1.46. The fraction of sp³-hybridized carbons (Fsp3) is 0.400. The van der Waals surface area contributed by atoms with Crippen molar-refractivity contribution in [2.45, 2.75) is 6.42 Å². The van der Waals surface area contributed by atoms with Crippen LogP contribution < -0.4 is 15.2 Å². The van der Waals surface area contributed by atoms with Crippen molar-refractivity contribution >= 4 is 15.9 Å². The number of halogens is 1. The van der Waals surface area contributed by atoms with Gasteiger partial charge in [-0.15, -0.1) is 0 Å². The SMILES string of the molecule is COc1ccc(OCCCN)c(Br)c1. The lowest BCUT2D eigenvalue weighted by Crippen LogP contribution is -2.06. The van der Waals surface area contributed by atoms with E-state index in [0.717, 1.165) is 22.4 Å². The van der Waals surface area contributed by atoms with Gasteiger partial charge in [-0.05, 0) is 47.1 Å². The Bertz CT molecular complexity index is 291. The summed E-state index contributed by atoms with van der Waals surface area (Å²) in [5.74, 6) is 1.63. The first kappa shape index (κ1) is 11.3. The van der Waals surface area contributed by atoms with Gasteiger partial charge in [0.1, 0.15) is 11.5 Å². The van der Waals surface area contributed by atoms with Gasteiger partial charge in [-0.25, -0.2) is 0 Å². The highest BCUT2D eigenvalue weighted by Crippen LogP contribution is 2.28. The molecule has 4 heteroatoms.